The van der Waals surface area contributed by atoms with E-state index >= 15 is 0 Å². The van der Waals surface area contributed by atoms with E-state index in [0.29, 0.717) is 10.6 Å². The number of fused-ring (bicyclic) bond motifs is 1. The molecule has 2 aromatic carbocycles. The molecule has 0 spiro atoms. The van der Waals surface area contributed by atoms with E-state index in [1.54, 1.807) is 24.3 Å². The van der Waals surface area contributed by atoms with Crippen molar-refractivity contribution in [2.75, 3.05) is 5.32 Å². The summed E-state index contributed by atoms with van der Waals surface area (Å²) in [5, 5.41) is 3.66. The predicted octanol–water partition coefficient (Wildman–Crippen LogP) is 4.47. The van der Waals surface area contributed by atoms with Crippen LogP contribution in [0.3, 0.4) is 0 Å². The third-order valence-electron chi connectivity index (χ3n) is 3.75. The fourth-order valence-electron chi connectivity index (χ4n) is 2.69. The number of benzene rings is 2. The van der Waals surface area contributed by atoms with E-state index in [-0.39, 0.29) is 5.91 Å². The molecule has 3 heteroatoms. The molecule has 1 amide bonds. The molecule has 0 atom stereocenters. The van der Waals surface area contributed by atoms with Gasteiger partial charge in [-0.1, -0.05) is 23.7 Å². The Hall–Kier alpha value is -1.80. The van der Waals surface area contributed by atoms with Crippen molar-refractivity contribution in [3.8, 4) is 0 Å². The average molecular weight is 286 g/mol. The van der Waals surface area contributed by atoms with E-state index in [1.807, 2.05) is 12.1 Å². The third-order valence-corrected chi connectivity index (χ3v) is 4.00. The van der Waals surface area contributed by atoms with Crippen LogP contribution in [0.4, 0.5) is 5.69 Å². The molecule has 102 valence electrons. The van der Waals surface area contributed by atoms with E-state index in [1.165, 1.54) is 24.0 Å². The van der Waals surface area contributed by atoms with Crippen LogP contribution in [0.15, 0.2) is 42.5 Å². The molecule has 0 saturated carbocycles. The normalized spacial score (nSPS) is 13.7. The van der Waals surface area contributed by atoms with E-state index in [4.69, 9.17) is 11.6 Å². The highest BCUT2D eigenvalue weighted by molar-refractivity contribution is 6.30. The Balaban J connectivity index is 1.84. The maximum Gasteiger partial charge on any atom is 0.255 e. The van der Waals surface area contributed by atoms with Gasteiger partial charge >= 0.3 is 0 Å². The third kappa shape index (κ3) is 2.70. The minimum atomic E-state index is -0.0827. The molecule has 1 aliphatic rings. The average Bonchev–Trinajstić information content (AvgIpc) is 2.48. The lowest BCUT2D eigenvalue weighted by atomic mass is 9.90. The Morgan fingerprint density at radius 1 is 1.00 bits per heavy atom. The summed E-state index contributed by atoms with van der Waals surface area (Å²) in [6.45, 7) is 0. The van der Waals surface area contributed by atoms with Crippen LogP contribution in [0.2, 0.25) is 5.02 Å². The standard InChI is InChI=1S/C17H16ClNO/c18-14-10-8-13(9-11-14)17(20)19-16-7-3-5-12-4-1-2-6-15(12)16/h3,5,7-11H,1-2,4,6H2,(H,19,20). The largest absolute Gasteiger partial charge is 0.322 e. The molecule has 0 heterocycles. The summed E-state index contributed by atoms with van der Waals surface area (Å²) in [6, 6.07) is 13.1. The zero-order valence-corrected chi connectivity index (χ0v) is 11.9. The molecule has 0 aromatic heterocycles. The first-order valence-electron chi connectivity index (χ1n) is 6.92. The fraction of sp³-hybridized carbons (Fsp3) is 0.235. The molecule has 1 N–H and O–H groups in total. The van der Waals surface area contributed by atoms with Crippen LogP contribution in [-0.4, -0.2) is 5.91 Å². The second kappa shape index (κ2) is 5.68. The molecule has 1 aliphatic carbocycles. The molecule has 3 rings (SSSR count). The van der Waals surface area contributed by atoms with Gasteiger partial charge in [0.15, 0.2) is 0 Å². The molecule has 0 saturated heterocycles. The number of carbonyl (C=O) groups excluding carboxylic acids is 1. The van der Waals surface area contributed by atoms with Gasteiger partial charge < -0.3 is 5.32 Å². The lowest BCUT2D eigenvalue weighted by molar-refractivity contribution is 0.102. The summed E-state index contributed by atoms with van der Waals surface area (Å²) >= 11 is 5.84. The lowest BCUT2D eigenvalue weighted by Crippen LogP contribution is -2.15. The van der Waals surface area contributed by atoms with Gasteiger partial charge in [-0.05, 0) is 67.1 Å². The Kier molecular flexibility index (Phi) is 3.75. The second-order valence-corrected chi connectivity index (χ2v) is 5.55. The topological polar surface area (TPSA) is 29.1 Å². The number of hydrogen-bond acceptors (Lipinski definition) is 1. The summed E-state index contributed by atoms with van der Waals surface area (Å²) in [5.41, 5.74) is 4.23. The van der Waals surface area contributed by atoms with Crippen molar-refractivity contribution in [3.05, 3.63) is 64.2 Å². The summed E-state index contributed by atoms with van der Waals surface area (Å²) < 4.78 is 0. The quantitative estimate of drug-likeness (QED) is 0.866. The highest BCUT2D eigenvalue weighted by atomic mass is 35.5. The number of amides is 1. The van der Waals surface area contributed by atoms with Gasteiger partial charge in [-0.3, -0.25) is 4.79 Å². The van der Waals surface area contributed by atoms with Crippen molar-refractivity contribution < 1.29 is 4.79 Å². The van der Waals surface area contributed by atoms with Crippen LogP contribution in [0.5, 0.6) is 0 Å². The van der Waals surface area contributed by atoms with Crippen molar-refractivity contribution in [1.82, 2.24) is 0 Å². The Morgan fingerprint density at radius 2 is 1.75 bits per heavy atom. The second-order valence-electron chi connectivity index (χ2n) is 5.11. The van der Waals surface area contributed by atoms with Crippen LogP contribution in [-0.2, 0) is 12.8 Å². The number of aryl methyl sites for hydroxylation is 1. The van der Waals surface area contributed by atoms with Crippen molar-refractivity contribution in [2.45, 2.75) is 25.7 Å². The van der Waals surface area contributed by atoms with E-state index in [2.05, 4.69) is 11.4 Å². The monoisotopic (exact) mass is 285 g/mol. The van der Waals surface area contributed by atoms with Gasteiger partial charge in [-0.15, -0.1) is 0 Å². The summed E-state index contributed by atoms with van der Waals surface area (Å²) in [7, 11) is 0. The van der Waals surface area contributed by atoms with E-state index < -0.39 is 0 Å². The van der Waals surface area contributed by atoms with Crippen LogP contribution >= 0.6 is 11.6 Å². The first-order valence-corrected chi connectivity index (χ1v) is 7.29. The van der Waals surface area contributed by atoms with Crippen LogP contribution < -0.4 is 5.32 Å². The number of carbonyl (C=O) groups is 1. The maximum absolute atomic E-state index is 12.3. The number of anilines is 1. The smallest absolute Gasteiger partial charge is 0.255 e. The zero-order valence-electron chi connectivity index (χ0n) is 11.2. The molecule has 0 bridgehead atoms. The SMILES string of the molecule is O=C(Nc1cccc2c1CCCC2)c1ccc(Cl)cc1. The molecular weight excluding hydrogens is 270 g/mol. The van der Waals surface area contributed by atoms with Gasteiger partial charge in [0.2, 0.25) is 0 Å². The van der Waals surface area contributed by atoms with Gasteiger partial charge in [0.25, 0.3) is 5.91 Å². The highest BCUT2D eigenvalue weighted by Gasteiger charge is 2.15. The van der Waals surface area contributed by atoms with E-state index in [0.717, 1.165) is 18.5 Å². The molecule has 20 heavy (non-hydrogen) atoms. The van der Waals surface area contributed by atoms with Crippen molar-refractivity contribution in [1.29, 1.82) is 0 Å². The number of hydrogen-bond donors (Lipinski definition) is 1. The van der Waals surface area contributed by atoms with Gasteiger partial charge in [0, 0.05) is 16.3 Å². The molecule has 0 radical (unpaired) electrons. The van der Waals surface area contributed by atoms with Gasteiger partial charge in [0.05, 0.1) is 0 Å². The van der Waals surface area contributed by atoms with Crippen molar-refractivity contribution in [3.63, 3.8) is 0 Å². The molecule has 2 nitrogen and oxygen atoms in total. The number of nitrogens with one attached hydrogen (secondary N) is 1. The first-order chi connectivity index (χ1) is 9.74. The maximum atomic E-state index is 12.3. The summed E-state index contributed by atoms with van der Waals surface area (Å²) in [4.78, 5) is 12.3. The van der Waals surface area contributed by atoms with Crippen molar-refractivity contribution >= 4 is 23.2 Å². The number of halogens is 1. The molecule has 0 aliphatic heterocycles. The van der Waals surface area contributed by atoms with Crippen LogP contribution in [0.25, 0.3) is 0 Å². The minimum absolute atomic E-state index is 0.0827. The summed E-state index contributed by atoms with van der Waals surface area (Å²) in [6.07, 6.45) is 4.59. The zero-order chi connectivity index (χ0) is 13.9. The molecular formula is C17H16ClNO. The Bertz CT molecular complexity index is 634. The first kappa shape index (κ1) is 13.2. The summed E-state index contributed by atoms with van der Waals surface area (Å²) in [5.74, 6) is -0.0827. The van der Waals surface area contributed by atoms with Gasteiger partial charge in [-0.25, -0.2) is 0 Å². The van der Waals surface area contributed by atoms with E-state index in [9.17, 15) is 4.79 Å². The van der Waals surface area contributed by atoms with Crippen LogP contribution in [0, 0.1) is 0 Å². The predicted molar refractivity (Wildman–Crippen MR) is 82.5 cm³/mol. The van der Waals surface area contributed by atoms with Gasteiger partial charge in [-0.2, -0.15) is 0 Å². The molecule has 0 unspecified atom stereocenters. The van der Waals surface area contributed by atoms with Gasteiger partial charge in [0.1, 0.15) is 0 Å². The minimum Gasteiger partial charge on any atom is -0.322 e. The van der Waals surface area contributed by atoms with Crippen molar-refractivity contribution in [2.24, 2.45) is 0 Å². The Morgan fingerprint density at radius 3 is 2.55 bits per heavy atom. The number of rotatable bonds is 2. The van der Waals surface area contributed by atoms with Crippen LogP contribution in [0.1, 0.15) is 34.3 Å². The lowest BCUT2D eigenvalue weighted by Gasteiger charge is -2.19. The highest BCUT2D eigenvalue weighted by Crippen LogP contribution is 2.28. The Labute approximate surface area is 123 Å². The molecule has 2 aromatic rings. The molecule has 0 fully saturated rings. The fourth-order valence-corrected chi connectivity index (χ4v) is 2.82.